The molecular formula is C19H21N3O6S. The summed E-state index contributed by atoms with van der Waals surface area (Å²) in [6, 6.07) is 13.2. The molecule has 9 nitrogen and oxygen atoms in total. The van der Waals surface area contributed by atoms with E-state index in [0.29, 0.717) is 11.4 Å². The molecule has 0 fully saturated rings. The fraction of sp³-hybridized carbons (Fsp3) is 0.211. The molecule has 3 N–H and O–H groups in total. The van der Waals surface area contributed by atoms with E-state index in [0.717, 1.165) is 11.8 Å². The average molecular weight is 419 g/mol. The first-order chi connectivity index (χ1) is 13.7. The maximum atomic E-state index is 12.1. The van der Waals surface area contributed by atoms with Crippen molar-refractivity contribution in [1.82, 2.24) is 10.0 Å². The Morgan fingerprint density at radius 2 is 1.55 bits per heavy atom. The van der Waals surface area contributed by atoms with E-state index in [2.05, 4.69) is 10.6 Å². The first-order valence-electron chi connectivity index (χ1n) is 8.48. The number of amides is 3. The Morgan fingerprint density at radius 1 is 0.931 bits per heavy atom. The largest absolute Gasteiger partial charge is 0.497 e. The quantitative estimate of drug-likeness (QED) is 0.577. The maximum absolute atomic E-state index is 12.1. The number of methoxy groups -OCH3 is 1. The van der Waals surface area contributed by atoms with Crippen LogP contribution in [0.1, 0.15) is 15.9 Å². The van der Waals surface area contributed by atoms with Gasteiger partial charge in [0.15, 0.2) is 0 Å². The maximum Gasteiger partial charge on any atom is 0.252 e. The van der Waals surface area contributed by atoms with E-state index in [9.17, 15) is 22.8 Å². The summed E-state index contributed by atoms with van der Waals surface area (Å²) in [5.41, 5.74) is 1.59. The van der Waals surface area contributed by atoms with Gasteiger partial charge in [-0.1, -0.05) is 12.1 Å². The highest BCUT2D eigenvalue weighted by molar-refractivity contribution is 7.89. The molecule has 2 aromatic carbocycles. The van der Waals surface area contributed by atoms with Gasteiger partial charge < -0.3 is 15.4 Å². The molecule has 0 aliphatic heterocycles. The lowest BCUT2D eigenvalue weighted by molar-refractivity contribution is -0.118. The van der Waals surface area contributed by atoms with E-state index >= 15 is 0 Å². The molecule has 2 aromatic rings. The van der Waals surface area contributed by atoms with E-state index < -0.39 is 28.4 Å². The average Bonchev–Trinajstić information content (AvgIpc) is 2.66. The topological polar surface area (TPSA) is 131 Å². The van der Waals surface area contributed by atoms with Gasteiger partial charge in [-0.2, -0.15) is 0 Å². The molecule has 2 rings (SSSR count). The van der Waals surface area contributed by atoms with Gasteiger partial charge in [-0.15, -0.1) is 0 Å². The van der Waals surface area contributed by atoms with E-state index in [1.165, 1.54) is 12.1 Å². The van der Waals surface area contributed by atoms with Crippen LogP contribution < -0.4 is 20.1 Å². The second-order valence-corrected chi connectivity index (χ2v) is 7.88. The van der Waals surface area contributed by atoms with E-state index in [1.54, 1.807) is 48.2 Å². The summed E-state index contributed by atoms with van der Waals surface area (Å²) in [6.07, 6.45) is 1.02. The normalized spacial score (nSPS) is 10.7. The molecule has 0 saturated heterocycles. The predicted molar refractivity (Wildman–Crippen MR) is 107 cm³/mol. The summed E-state index contributed by atoms with van der Waals surface area (Å²) in [5, 5.41) is 5.04. The fourth-order valence-corrected chi connectivity index (χ4v) is 2.83. The summed E-state index contributed by atoms with van der Waals surface area (Å²) < 4.78 is 28.7. The molecule has 0 heterocycles. The minimum absolute atomic E-state index is 0.182. The number of carbonyl (C=O) groups excluding carboxylic acids is 3. The van der Waals surface area contributed by atoms with Crippen LogP contribution in [0.2, 0.25) is 0 Å². The second-order valence-electron chi connectivity index (χ2n) is 6.13. The first kappa shape index (κ1) is 21.9. The molecule has 10 heteroatoms. The Hall–Kier alpha value is -3.40. The fourth-order valence-electron chi connectivity index (χ4n) is 2.34. The lowest BCUT2D eigenvalue weighted by atomic mass is 10.1. The first-order valence-corrected chi connectivity index (χ1v) is 10.4. The van der Waals surface area contributed by atoms with Crippen LogP contribution in [0.3, 0.4) is 0 Å². The lowest BCUT2D eigenvalue weighted by Crippen LogP contribution is -2.39. The molecule has 154 valence electrons. The molecular weight excluding hydrogens is 398 g/mol. The Labute approximate surface area is 168 Å². The number of carbonyl (C=O) groups is 3. The summed E-state index contributed by atoms with van der Waals surface area (Å²) >= 11 is 0. The second kappa shape index (κ2) is 9.69. The van der Waals surface area contributed by atoms with Crippen molar-refractivity contribution in [2.75, 3.05) is 25.2 Å². The molecule has 0 aromatic heterocycles. The summed E-state index contributed by atoms with van der Waals surface area (Å²) in [7, 11) is -2.11. The minimum atomic E-state index is -3.68. The smallest absolute Gasteiger partial charge is 0.252 e. The van der Waals surface area contributed by atoms with Crippen LogP contribution in [0.5, 0.6) is 5.75 Å². The zero-order valence-corrected chi connectivity index (χ0v) is 16.7. The predicted octanol–water partition coefficient (Wildman–Crippen LogP) is 0.682. The number of benzene rings is 2. The van der Waals surface area contributed by atoms with Crippen LogP contribution >= 0.6 is 0 Å². The zero-order chi connectivity index (χ0) is 21.4. The van der Waals surface area contributed by atoms with Crippen molar-refractivity contribution < 1.29 is 27.5 Å². The van der Waals surface area contributed by atoms with Gasteiger partial charge in [0, 0.05) is 11.3 Å². The lowest BCUT2D eigenvalue weighted by Gasteiger charge is -2.08. The van der Waals surface area contributed by atoms with Crippen LogP contribution in [-0.2, 0) is 26.0 Å². The van der Waals surface area contributed by atoms with Gasteiger partial charge >= 0.3 is 0 Å². The molecule has 0 saturated carbocycles. The van der Waals surface area contributed by atoms with Gasteiger partial charge in [-0.3, -0.25) is 19.1 Å². The minimum Gasteiger partial charge on any atom is -0.497 e. The standard InChI is InChI=1S/C19H21N3O6S/c1-28-16-9-3-13(4-10-16)11-17(23)21-15-7-5-14(6-8-15)19(25)20-12-18(24)22-29(2,26)27/h3-10H,11-12H2,1-2H3,(H,20,25)(H,21,23)(H,22,24). The van der Waals surface area contributed by atoms with Crippen LogP contribution in [0.25, 0.3) is 0 Å². The number of ether oxygens (including phenoxy) is 1. The summed E-state index contributed by atoms with van der Waals surface area (Å²) in [6.45, 7) is -0.480. The molecule has 0 atom stereocenters. The van der Waals surface area contributed by atoms with Crippen molar-refractivity contribution in [3.8, 4) is 5.75 Å². The Morgan fingerprint density at radius 3 is 2.10 bits per heavy atom. The van der Waals surface area contributed by atoms with Crippen molar-refractivity contribution >= 4 is 33.4 Å². The number of sulfonamides is 1. The molecule has 0 aliphatic rings. The van der Waals surface area contributed by atoms with E-state index in [-0.39, 0.29) is 17.9 Å². The van der Waals surface area contributed by atoms with Crippen molar-refractivity contribution in [2.24, 2.45) is 0 Å². The Balaban J connectivity index is 1.86. The van der Waals surface area contributed by atoms with Crippen LogP contribution in [0.4, 0.5) is 5.69 Å². The van der Waals surface area contributed by atoms with Gasteiger partial charge in [-0.25, -0.2) is 8.42 Å². The third kappa shape index (κ3) is 7.62. The number of nitrogens with one attached hydrogen (secondary N) is 3. The van der Waals surface area contributed by atoms with Gasteiger partial charge in [0.2, 0.25) is 15.9 Å². The molecule has 0 aliphatic carbocycles. The van der Waals surface area contributed by atoms with Crippen molar-refractivity contribution in [3.05, 3.63) is 59.7 Å². The molecule has 29 heavy (non-hydrogen) atoms. The molecule has 0 radical (unpaired) electrons. The van der Waals surface area contributed by atoms with Crippen LogP contribution in [0.15, 0.2) is 48.5 Å². The van der Waals surface area contributed by atoms with Crippen LogP contribution in [-0.4, -0.2) is 46.0 Å². The van der Waals surface area contributed by atoms with Crippen molar-refractivity contribution in [2.45, 2.75) is 6.42 Å². The van der Waals surface area contributed by atoms with Gasteiger partial charge in [0.1, 0.15) is 5.75 Å². The number of hydrogen-bond acceptors (Lipinski definition) is 6. The van der Waals surface area contributed by atoms with Crippen molar-refractivity contribution in [3.63, 3.8) is 0 Å². The molecule has 3 amide bonds. The van der Waals surface area contributed by atoms with Gasteiger partial charge in [0.25, 0.3) is 11.8 Å². The Bertz CT molecular complexity index is 986. The third-order valence-electron chi connectivity index (χ3n) is 3.66. The number of hydrogen-bond donors (Lipinski definition) is 3. The van der Waals surface area contributed by atoms with E-state index in [4.69, 9.17) is 4.74 Å². The van der Waals surface area contributed by atoms with E-state index in [1.807, 2.05) is 0 Å². The summed E-state index contributed by atoms with van der Waals surface area (Å²) in [5.74, 6) is -0.908. The highest BCUT2D eigenvalue weighted by Crippen LogP contribution is 2.13. The number of rotatable bonds is 8. The third-order valence-corrected chi connectivity index (χ3v) is 4.26. The molecule has 0 spiro atoms. The number of anilines is 1. The monoisotopic (exact) mass is 419 g/mol. The SMILES string of the molecule is COc1ccc(CC(=O)Nc2ccc(C(=O)NCC(=O)NS(C)(=O)=O)cc2)cc1. The highest BCUT2D eigenvalue weighted by Gasteiger charge is 2.12. The van der Waals surface area contributed by atoms with Crippen molar-refractivity contribution in [1.29, 1.82) is 0 Å². The molecule has 0 bridgehead atoms. The molecule has 0 unspecified atom stereocenters. The Kier molecular flexibility index (Phi) is 7.32. The summed E-state index contributed by atoms with van der Waals surface area (Å²) in [4.78, 5) is 35.5. The highest BCUT2D eigenvalue weighted by atomic mass is 32.2. The van der Waals surface area contributed by atoms with Gasteiger partial charge in [-0.05, 0) is 42.0 Å². The zero-order valence-electron chi connectivity index (χ0n) is 15.9. The van der Waals surface area contributed by atoms with Crippen LogP contribution in [0, 0.1) is 0 Å². The van der Waals surface area contributed by atoms with Gasteiger partial charge in [0.05, 0.1) is 26.3 Å².